The molecular formula is C16H15Cl2NO2. The lowest BCUT2D eigenvalue weighted by Crippen LogP contribution is -2.45. The Morgan fingerprint density at radius 1 is 1.24 bits per heavy atom. The van der Waals surface area contributed by atoms with E-state index in [4.69, 9.17) is 23.2 Å². The molecule has 0 aliphatic carbocycles. The van der Waals surface area contributed by atoms with E-state index in [2.05, 4.69) is 5.32 Å². The van der Waals surface area contributed by atoms with Gasteiger partial charge in [-0.25, -0.2) is 0 Å². The van der Waals surface area contributed by atoms with E-state index >= 15 is 0 Å². The highest BCUT2D eigenvalue weighted by molar-refractivity contribution is 6.32. The molecule has 0 bridgehead atoms. The SMILES string of the molecule is CC(CCl)(NC(=O)c1ccc(O)c(Cl)c1)c1ccccc1. The minimum Gasteiger partial charge on any atom is -0.506 e. The number of rotatable bonds is 4. The molecule has 2 aromatic rings. The number of carbonyl (C=O) groups excluding carboxylic acids is 1. The standard InChI is InChI=1S/C16H15Cl2NO2/c1-16(10-17,12-5-3-2-4-6-12)19-15(21)11-7-8-14(20)13(18)9-11/h2-9,20H,10H2,1H3,(H,19,21). The van der Waals surface area contributed by atoms with E-state index < -0.39 is 5.54 Å². The van der Waals surface area contributed by atoms with Crippen LogP contribution in [0.25, 0.3) is 0 Å². The third-order valence-corrected chi connectivity index (χ3v) is 4.11. The second-order valence-corrected chi connectivity index (χ2v) is 5.63. The number of amides is 1. The predicted octanol–water partition coefficient (Wildman–Crippen LogP) is 3.93. The number of hydrogen-bond donors (Lipinski definition) is 2. The minimum atomic E-state index is -0.690. The van der Waals surface area contributed by atoms with Crippen molar-refractivity contribution in [1.29, 1.82) is 0 Å². The third kappa shape index (κ3) is 3.49. The van der Waals surface area contributed by atoms with E-state index in [-0.39, 0.29) is 22.6 Å². The zero-order valence-corrected chi connectivity index (χ0v) is 12.9. The van der Waals surface area contributed by atoms with Crippen molar-refractivity contribution < 1.29 is 9.90 Å². The van der Waals surface area contributed by atoms with Crippen LogP contribution in [-0.2, 0) is 5.54 Å². The summed E-state index contributed by atoms with van der Waals surface area (Å²) < 4.78 is 0. The molecule has 0 heterocycles. The van der Waals surface area contributed by atoms with E-state index in [0.29, 0.717) is 5.56 Å². The maximum absolute atomic E-state index is 12.3. The Morgan fingerprint density at radius 3 is 2.48 bits per heavy atom. The Morgan fingerprint density at radius 2 is 1.90 bits per heavy atom. The summed E-state index contributed by atoms with van der Waals surface area (Å²) >= 11 is 11.9. The van der Waals surface area contributed by atoms with Gasteiger partial charge in [-0.3, -0.25) is 4.79 Å². The van der Waals surface area contributed by atoms with Gasteiger partial charge >= 0.3 is 0 Å². The third-order valence-electron chi connectivity index (χ3n) is 3.28. The van der Waals surface area contributed by atoms with Gasteiger partial charge in [-0.15, -0.1) is 11.6 Å². The van der Waals surface area contributed by atoms with E-state index in [1.54, 1.807) is 0 Å². The van der Waals surface area contributed by atoms with Gasteiger partial charge in [0.05, 0.1) is 10.6 Å². The molecule has 110 valence electrons. The molecule has 1 unspecified atom stereocenters. The van der Waals surface area contributed by atoms with Crippen molar-refractivity contribution in [2.45, 2.75) is 12.5 Å². The zero-order valence-electron chi connectivity index (χ0n) is 11.4. The summed E-state index contributed by atoms with van der Waals surface area (Å²) in [5, 5.41) is 12.4. The van der Waals surface area contributed by atoms with Gasteiger partial charge in [-0.1, -0.05) is 41.9 Å². The first-order chi connectivity index (χ1) is 9.96. The van der Waals surface area contributed by atoms with Crippen molar-refractivity contribution in [2.24, 2.45) is 0 Å². The number of phenolic OH excluding ortho intramolecular Hbond substituents is 1. The lowest BCUT2D eigenvalue weighted by molar-refractivity contribution is 0.0913. The number of aromatic hydroxyl groups is 1. The van der Waals surface area contributed by atoms with Crippen LogP contribution in [-0.4, -0.2) is 16.9 Å². The van der Waals surface area contributed by atoms with Gasteiger partial charge in [0, 0.05) is 11.4 Å². The molecule has 0 saturated carbocycles. The highest BCUT2D eigenvalue weighted by Crippen LogP contribution is 2.26. The first-order valence-corrected chi connectivity index (χ1v) is 7.30. The fourth-order valence-electron chi connectivity index (χ4n) is 1.96. The lowest BCUT2D eigenvalue weighted by Gasteiger charge is -2.29. The topological polar surface area (TPSA) is 49.3 Å². The van der Waals surface area contributed by atoms with Crippen LogP contribution < -0.4 is 5.32 Å². The predicted molar refractivity (Wildman–Crippen MR) is 85.1 cm³/mol. The van der Waals surface area contributed by atoms with Crippen LogP contribution in [0.15, 0.2) is 48.5 Å². The Labute approximate surface area is 133 Å². The number of carbonyl (C=O) groups is 1. The average molecular weight is 324 g/mol. The highest BCUT2D eigenvalue weighted by atomic mass is 35.5. The molecule has 1 atom stereocenters. The fraction of sp³-hybridized carbons (Fsp3) is 0.188. The average Bonchev–Trinajstić information content (AvgIpc) is 2.50. The van der Waals surface area contributed by atoms with Crippen LogP contribution >= 0.6 is 23.2 Å². The van der Waals surface area contributed by atoms with E-state index in [1.807, 2.05) is 37.3 Å². The van der Waals surface area contributed by atoms with Crippen LogP contribution in [0.2, 0.25) is 5.02 Å². The largest absolute Gasteiger partial charge is 0.506 e. The second-order valence-electron chi connectivity index (χ2n) is 4.95. The van der Waals surface area contributed by atoms with Crippen molar-refractivity contribution in [3.63, 3.8) is 0 Å². The van der Waals surface area contributed by atoms with Crippen molar-refractivity contribution >= 4 is 29.1 Å². The molecule has 0 aromatic heterocycles. The molecule has 1 amide bonds. The van der Waals surface area contributed by atoms with Gasteiger partial charge in [0.2, 0.25) is 0 Å². The number of hydrogen-bond acceptors (Lipinski definition) is 2. The summed E-state index contributed by atoms with van der Waals surface area (Å²) in [4.78, 5) is 12.3. The maximum atomic E-state index is 12.3. The summed E-state index contributed by atoms with van der Waals surface area (Å²) in [7, 11) is 0. The van der Waals surface area contributed by atoms with Crippen molar-refractivity contribution in [2.75, 3.05) is 5.88 Å². The lowest BCUT2D eigenvalue weighted by atomic mass is 9.93. The summed E-state index contributed by atoms with van der Waals surface area (Å²) in [5.41, 5.74) is 0.591. The molecule has 2 aromatic carbocycles. The molecule has 0 aliphatic rings. The molecule has 5 heteroatoms. The normalized spacial score (nSPS) is 13.5. The Bertz CT molecular complexity index is 646. The van der Waals surface area contributed by atoms with E-state index in [1.165, 1.54) is 18.2 Å². The second kappa shape index (κ2) is 6.37. The smallest absolute Gasteiger partial charge is 0.252 e. The Balaban J connectivity index is 2.26. The molecule has 0 aliphatic heterocycles. The first kappa shape index (κ1) is 15.7. The van der Waals surface area contributed by atoms with Crippen LogP contribution in [0.3, 0.4) is 0 Å². The van der Waals surface area contributed by atoms with Gasteiger partial charge in [0.25, 0.3) is 5.91 Å². The molecule has 0 fully saturated rings. The molecule has 2 rings (SSSR count). The molecule has 21 heavy (non-hydrogen) atoms. The van der Waals surface area contributed by atoms with Crippen LogP contribution in [0.4, 0.5) is 0 Å². The Hall–Kier alpha value is -1.71. The van der Waals surface area contributed by atoms with E-state index in [0.717, 1.165) is 5.56 Å². The van der Waals surface area contributed by atoms with Crippen LogP contribution in [0.5, 0.6) is 5.75 Å². The van der Waals surface area contributed by atoms with Gasteiger partial charge in [0.15, 0.2) is 0 Å². The number of alkyl halides is 1. The summed E-state index contributed by atoms with van der Waals surface area (Å²) in [6.07, 6.45) is 0. The fourth-order valence-corrected chi connectivity index (χ4v) is 2.36. The number of benzene rings is 2. The maximum Gasteiger partial charge on any atom is 0.252 e. The van der Waals surface area contributed by atoms with Crippen molar-refractivity contribution in [1.82, 2.24) is 5.32 Å². The summed E-state index contributed by atoms with van der Waals surface area (Å²) in [6.45, 7) is 1.86. The molecule has 0 spiro atoms. The molecule has 0 radical (unpaired) electrons. The van der Waals surface area contributed by atoms with Crippen LogP contribution in [0, 0.1) is 0 Å². The molecule has 0 saturated heterocycles. The van der Waals surface area contributed by atoms with E-state index in [9.17, 15) is 9.90 Å². The summed E-state index contributed by atoms with van der Waals surface area (Å²) in [6, 6.07) is 13.8. The number of phenols is 1. The number of halogens is 2. The minimum absolute atomic E-state index is 0.0589. The number of nitrogens with one attached hydrogen (secondary N) is 1. The first-order valence-electron chi connectivity index (χ1n) is 6.39. The zero-order chi connectivity index (χ0) is 15.5. The highest BCUT2D eigenvalue weighted by Gasteiger charge is 2.28. The van der Waals surface area contributed by atoms with Gasteiger partial charge in [-0.05, 0) is 30.7 Å². The molecule has 3 nitrogen and oxygen atoms in total. The van der Waals surface area contributed by atoms with Crippen LogP contribution in [0.1, 0.15) is 22.8 Å². The summed E-state index contributed by atoms with van der Waals surface area (Å²) in [5.74, 6) is -0.130. The van der Waals surface area contributed by atoms with Crippen molar-refractivity contribution in [3.05, 3.63) is 64.7 Å². The Kier molecular flexibility index (Phi) is 4.76. The van der Waals surface area contributed by atoms with Gasteiger partial charge < -0.3 is 10.4 Å². The van der Waals surface area contributed by atoms with Gasteiger partial charge in [0.1, 0.15) is 5.75 Å². The quantitative estimate of drug-likeness (QED) is 0.837. The monoisotopic (exact) mass is 323 g/mol. The van der Waals surface area contributed by atoms with Gasteiger partial charge in [-0.2, -0.15) is 0 Å². The van der Waals surface area contributed by atoms with Crippen molar-refractivity contribution in [3.8, 4) is 5.75 Å². The molecular weight excluding hydrogens is 309 g/mol. The molecule has 2 N–H and O–H groups in total.